The van der Waals surface area contributed by atoms with Gasteiger partial charge in [0.25, 0.3) is 5.91 Å². The van der Waals surface area contributed by atoms with Gasteiger partial charge in [-0.15, -0.1) is 0 Å². The summed E-state index contributed by atoms with van der Waals surface area (Å²) >= 11 is 0. The average Bonchev–Trinajstić information content (AvgIpc) is 3.32. The van der Waals surface area contributed by atoms with E-state index in [1.165, 1.54) is 17.7 Å². The molecule has 0 saturated carbocycles. The van der Waals surface area contributed by atoms with Gasteiger partial charge < -0.3 is 19.4 Å². The van der Waals surface area contributed by atoms with E-state index in [1.807, 2.05) is 30.3 Å². The molecule has 2 aromatic carbocycles. The number of hydrogen-bond acceptors (Lipinski definition) is 3. The topological polar surface area (TPSA) is 54.6 Å². The summed E-state index contributed by atoms with van der Waals surface area (Å²) < 4.78 is 24.2. The molecule has 2 aliphatic heterocycles. The summed E-state index contributed by atoms with van der Waals surface area (Å²) in [7, 11) is 3.24. The van der Waals surface area contributed by atoms with Gasteiger partial charge in [0.05, 0.1) is 19.7 Å². The van der Waals surface area contributed by atoms with E-state index in [1.54, 1.807) is 14.2 Å². The quantitative estimate of drug-likeness (QED) is 0.670. The van der Waals surface area contributed by atoms with Crippen LogP contribution in [0.3, 0.4) is 0 Å². The Balaban J connectivity index is 1.43. The van der Waals surface area contributed by atoms with Crippen molar-refractivity contribution >= 4 is 16.8 Å². The van der Waals surface area contributed by atoms with Crippen molar-refractivity contribution in [3.63, 3.8) is 0 Å². The zero-order valence-corrected chi connectivity index (χ0v) is 17.2. The molecule has 0 radical (unpaired) electrons. The van der Waals surface area contributed by atoms with E-state index >= 15 is 0 Å². The number of rotatable bonds is 4. The maximum absolute atomic E-state index is 13.5. The van der Waals surface area contributed by atoms with Crippen LogP contribution in [0.1, 0.15) is 47.7 Å². The summed E-state index contributed by atoms with van der Waals surface area (Å²) in [4.78, 5) is 18.8. The standard InChI is InChI=1S/C24H25FN2O3/c1-29-21-9-10-22(30-2)23-19(21)13-20(26-23)24(28)27-17-7-8-18(27)12-15(11-17)14-3-5-16(25)6-4-14/h3-6,9-10,13,15,17-18,26H,7-8,11-12H2,1-2H3/t17-,18-/m0/s1. The molecule has 5 nitrogen and oxygen atoms in total. The Morgan fingerprint density at radius 3 is 2.27 bits per heavy atom. The third kappa shape index (κ3) is 3.02. The fourth-order valence-corrected chi connectivity index (χ4v) is 5.29. The number of carbonyl (C=O) groups is 1. The first kappa shape index (κ1) is 19.0. The van der Waals surface area contributed by atoms with Crippen molar-refractivity contribution in [3.05, 3.63) is 59.5 Å². The van der Waals surface area contributed by atoms with Crippen LogP contribution < -0.4 is 9.47 Å². The molecule has 1 amide bonds. The van der Waals surface area contributed by atoms with Crippen LogP contribution in [-0.4, -0.2) is 42.1 Å². The lowest BCUT2D eigenvalue weighted by atomic mass is 9.85. The minimum atomic E-state index is -0.209. The minimum Gasteiger partial charge on any atom is -0.496 e. The maximum atomic E-state index is 13.5. The van der Waals surface area contributed by atoms with E-state index in [2.05, 4.69) is 9.88 Å². The highest BCUT2D eigenvalue weighted by Gasteiger charge is 2.44. The molecule has 0 aliphatic carbocycles. The van der Waals surface area contributed by atoms with E-state index in [-0.39, 0.29) is 23.8 Å². The van der Waals surface area contributed by atoms with Crippen molar-refractivity contribution in [1.82, 2.24) is 9.88 Å². The van der Waals surface area contributed by atoms with Crippen LogP contribution in [0.25, 0.3) is 10.9 Å². The van der Waals surface area contributed by atoms with Crippen molar-refractivity contribution in [3.8, 4) is 11.5 Å². The first-order chi connectivity index (χ1) is 14.6. The van der Waals surface area contributed by atoms with Crippen molar-refractivity contribution in [2.45, 2.75) is 43.7 Å². The fraction of sp³-hybridized carbons (Fsp3) is 0.375. The van der Waals surface area contributed by atoms with E-state index in [0.29, 0.717) is 23.1 Å². The van der Waals surface area contributed by atoms with Crippen molar-refractivity contribution in [2.75, 3.05) is 14.2 Å². The second-order valence-electron chi connectivity index (χ2n) is 8.26. The smallest absolute Gasteiger partial charge is 0.270 e. The molecule has 3 heterocycles. The third-order valence-electron chi connectivity index (χ3n) is 6.69. The fourth-order valence-electron chi connectivity index (χ4n) is 5.29. The van der Waals surface area contributed by atoms with E-state index in [9.17, 15) is 9.18 Å². The molecule has 6 heteroatoms. The number of hydrogen-bond donors (Lipinski definition) is 1. The first-order valence-corrected chi connectivity index (χ1v) is 10.4. The normalized spacial score (nSPS) is 23.0. The number of carbonyl (C=O) groups excluding carboxylic acids is 1. The molecule has 5 rings (SSSR count). The summed E-state index contributed by atoms with van der Waals surface area (Å²) in [6, 6.07) is 12.8. The molecule has 3 aromatic rings. The Bertz CT molecular complexity index is 1040. The van der Waals surface area contributed by atoms with Gasteiger partial charge in [0, 0.05) is 17.5 Å². The highest BCUT2D eigenvalue weighted by molar-refractivity contribution is 6.01. The van der Waals surface area contributed by atoms with Gasteiger partial charge in [0.15, 0.2) is 0 Å². The predicted octanol–water partition coefficient (Wildman–Crippen LogP) is 4.88. The van der Waals surface area contributed by atoms with Crippen LogP contribution in [0, 0.1) is 5.82 Å². The maximum Gasteiger partial charge on any atom is 0.270 e. The van der Waals surface area contributed by atoms with Gasteiger partial charge in [0.1, 0.15) is 23.0 Å². The van der Waals surface area contributed by atoms with Crippen LogP contribution >= 0.6 is 0 Å². The van der Waals surface area contributed by atoms with Gasteiger partial charge in [-0.05, 0) is 67.5 Å². The molecule has 2 fully saturated rings. The van der Waals surface area contributed by atoms with E-state index in [0.717, 1.165) is 36.6 Å². The number of H-pyrrole nitrogens is 1. The average molecular weight is 408 g/mol. The second kappa shape index (κ2) is 7.35. The van der Waals surface area contributed by atoms with Crippen LogP contribution in [0.5, 0.6) is 11.5 Å². The zero-order chi connectivity index (χ0) is 20.8. The summed E-state index contributed by atoms with van der Waals surface area (Å²) in [5.74, 6) is 1.58. The number of ether oxygens (including phenoxy) is 2. The Hall–Kier alpha value is -3.02. The van der Waals surface area contributed by atoms with Gasteiger partial charge in [0.2, 0.25) is 0 Å². The van der Waals surface area contributed by atoms with E-state index in [4.69, 9.17) is 9.47 Å². The molecule has 0 unspecified atom stereocenters. The Kier molecular flexibility index (Phi) is 4.65. The number of benzene rings is 2. The molecule has 2 bridgehead atoms. The Morgan fingerprint density at radius 2 is 1.63 bits per heavy atom. The molecule has 1 N–H and O–H groups in total. The largest absolute Gasteiger partial charge is 0.496 e. The highest BCUT2D eigenvalue weighted by atomic mass is 19.1. The lowest BCUT2D eigenvalue weighted by Crippen LogP contribution is -2.46. The van der Waals surface area contributed by atoms with Gasteiger partial charge in [-0.3, -0.25) is 4.79 Å². The molecule has 156 valence electrons. The van der Waals surface area contributed by atoms with Gasteiger partial charge in [-0.25, -0.2) is 4.39 Å². The summed E-state index contributed by atoms with van der Waals surface area (Å²) in [6.45, 7) is 0. The first-order valence-electron chi connectivity index (χ1n) is 10.4. The SMILES string of the molecule is COc1ccc(OC)c2[nH]c(C(=O)N3[C@H]4CC[C@H]3CC(c3ccc(F)cc3)C4)cc12. The van der Waals surface area contributed by atoms with Crippen LogP contribution in [0.15, 0.2) is 42.5 Å². The van der Waals surface area contributed by atoms with Crippen LogP contribution in [-0.2, 0) is 0 Å². The summed E-state index contributed by atoms with van der Waals surface area (Å²) in [5, 5.41) is 0.841. The number of methoxy groups -OCH3 is 2. The second-order valence-corrected chi connectivity index (χ2v) is 8.26. The highest BCUT2D eigenvalue weighted by Crippen LogP contribution is 2.44. The van der Waals surface area contributed by atoms with Gasteiger partial charge in [-0.1, -0.05) is 12.1 Å². The van der Waals surface area contributed by atoms with E-state index < -0.39 is 0 Å². The van der Waals surface area contributed by atoms with Crippen molar-refractivity contribution in [2.24, 2.45) is 0 Å². The molecule has 2 aliphatic rings. The molecular formula is C24H25FN2O3. The molecule has 2 atom stereocenters. The van der Waals surface area contributed by atoms with Gasteiger partial charge >= 0.3 is 0 Å². The Morgan fingerprint density at radius 1 is 1.00 bits per heavy atom. The summed E-state index contributed by atoms with van der Waals surface area (Å²) in [6.07, 6.45) is 3.86. The Labute approximate surface area is 174 Å². The number of piperidine rings is 1. The zero-order valence-electron chi connectivity index (χ0n) is 17.2. The summed E-state index contributed by atoms with van der Waals surface area (Å²) in [5.41, 5.74) is 2.50. The number of halogens is 1. The van der Waals surface area contributed by atoms with Gasteiger partial charge in [-0.2, -0.15) is 0 Å². The third-order valence-corrected chi connectivity index (χ3v) is 6.69. The van der Waals surface area contributed by atoms with Crippen LogP contribution in [0.4, 0.5) is 4.39 Å². The molecule has 2 saturated heterocycles. The minimum absolute atomic E-state index is 0.0281. The molecule has 30 heavy (non-hydrogen) atoms. The number of aromatic amines is 1. The molecular weight excluding hydrogens is 383 g/mol. The number of nitrogens with one attached hydrogen (secondary N) is 1. The molecule has 1 aromatic heterocycles. The number of nitrogens with zero attached hydrogens (tertiary/aromatic N) is 1. The number of amides is 1. The lowest BCUT2D eigenvalue weighted by Gasteiger charge is -2.39. The number of aromatic nitrogens is 1. The van der Waals surface area contributed by atoms with Crippen LogP contribution in [0.2, 0.25) is 0 Å². The predicted molar refractivity (Wildman–Crippen MR) is 113 cm³/mol. The van der Waals surface area contributed by atoms with Crippen molar-refractivity contribution < 1.29 is 18.7 Å². The number of fused-ring (bicyclic) bond motifs is 3. The lowest BCUT2D eigenvalue weighted by molar-refractivity contribution is 0.0566. The monoisotopic (exact) mass is 408 g/mol. The van der Waals surface area contributed by atoms with Crippen molar-refractivity contribution in [1.29, 1.82) is 0 Å². The molecule has 0 spiro atoms.